The van der Waals surface area contributed by atoms with Crippen LogP contribution in [0.1, 0.15) is 6.92 Å². The van der Waals surface area contributed by atoms with Crippen molar-refractivity contribution in [3.8, 4) is 0 Å². The Labute approximate surface area is 90.4 Å². The van der Waals surface area contributed by atoms with E-state index in [4.69, 9.17) is 5.73 Å². The molecule has 2 heterocycles. The largest absolute Gasteiger partial charge is 0.340 e. The van der Waals surface area contributed by atoms with Crippen LogP contribution in [-0.2, 0) is 6.54 Å². The molecule has 0 amide bonds. The third-order valence-electron chi connectivity index (χ3n) is 2.97. The zero-order valence-corrected chi connectivity index (χ0v) is 9.13. The summed E-state index contributed by atoms with van der Waals surface area (Å²) in [5, 5.41) is 0. The lowest BCUT2D eigenvalue weighted by Gasteiger charge is -2.17. The predicted molar refractivity (Wildman–Crippen MR) is 61.8 cm³/mol. The van der Waals surface area contributed by atoms with Gasteiger partial charge in [0.05, 0.1) is 0 Å². The summed E-state index contributed by atoms with van der Waals surface area (Å²) in [6, 6.07) is 0.263. The normalized spacial score (nSPS) is 25.9. The average molecular weight is 206 g/mol. The molecule has 1 saturated heterocycles. The summed E-state index contributed by atoms with van der Waals surface area (Å²) >= 11 is 0. The molecule has 0 aliphatic carbocycles. The second kappa shape index (κ2) is 4.06. The van der Waals surface area contributed by atoms with Gasteiger partial charge in [-0.3, -0.25) is 0 Å². The van der Waals surface area contributed by atoms with Crippen LogP contribution in [-0.4, -0.2) is 28.7 Å². The number of imidazole rings is 1. The molecule has 2 rings (SSSR count). The number of allylic oxidation sites excluding steroid dienone is 1. The lowest BCUT2D eigenvalue weighted by Crippen LogP contribution is -2.29. The highest BCUT2D eigenvalue weighted by atomic mass is 15.3. The Bertz CT molecular complexity index is 334. The standard InChI is InChI=1S/C11H18N4/c1-3-5-14-6-4-13-11(14)15-7-9(2)10(12)8-15/h3-4,6,9-10H,1,5,7-8,12H2,2H3. The maximum Gasteiger partial charge on any atom is 0.205 e. The number of hydrogen-bond donors (Lipinski definition) is 1. The van der Waals surface area contributed by atoms with Crippen molar-refractivity contribution in [1.82, 2.24) is 9.55 Å². The van der Waals surface area contributed by atoms with Crippen LogP contribution < -0.4 is 10.6 Å². The monoisotopic (exact) mass is 206 g/mol. The predicted octanol–water partition coefficient (Wildman–Crippen LogP) is 0.852. The molecule has 0 bridgehead atoms. The molecular weight excluding hydrogens is 188 g/mol. The summed E-state index contributed by atoms with van der Waals surface area (Å²) in [7, 11) is 0. The molecule has 4 heteroatoms. The minimum absolute atomic E-state index is 0.263. The van der Waals surface area contributed by atoms with Gasteiger partial charge in [-0.2, -0.15) is 0 Å². The smallest absolute Gasteiger partial charge is 0.205 e. The zero-order chi connectivity index (χ0) is 10.8. The Morgan fingerprint density at radius 1 is 1.67 bits per heavy atom. The fourth-order valence-electron chi connectivity index (χ4n) is 2.02. The summed E-state index contributed by atoms with van der Waals surface area (Å²) in [6.07, 6.45) is 5.68. The highest BCUT2D eigenvalue weighted by Gasteiger charge is 2.28. The minimum Gasteiger partial charge on any atom is -0.340 e. The molecule has 0 radical (unpaired) electrons. The summed E-state index contributed by atoms with van der Waals surface area (Å²) in [5.74, 6) is 1.55. The van der Waals surface area contributed by atoms with Crippen LogP contribution >= 0.6 is 0 Å². The van der Waals surface area contributed by atoms with Gasteiger partial charge < -0.3 is 15.2 Å². The van der Waals surface area contributed by atoms with E-state index in [1.807, 2.05) is 18.5 Å². The molecular formula is C11H18N4. The quantitative estimate of drug-likeness (QED) is 0.746. The van der Waals surface area contributed by atoms with Gasteiger partial charge in [-0.1, -0.05) is 13.0 Å². The van der Waals surface area contributed by atoms with Gasteiger partial charge in [-0.25, -0.2) is 4.98 Å². The van der Waals surface area contributed by atoms with E-state index in [-0.39, 0.29) is 6.04 Å². The summed E-state index contributed by atoms with van der Waals surface area (Å²) in [6.45, 7) is 8.62. The zero-order valence-electron chi connectivity index (χ0n) is 9.13. The van der Waals surface area contributed by atoms with Gasteiger partial charge in [-0.15, -0.1) is 6.58 Å². The fraction of sp³-hybridized carbons (Fsp3) is 0.545. The molecule has 1 aromatic rings. The SMILES string of the molecule is C=CCn1ccnc1N1CC(C)C(N)C1. The Balaban J connectivity index is 2.16. The molecule has 1 aliphatic rings. The number of aromatic nitrogens is 2. The third-order valence-corrected chi connectivity index (χ3v) is 2.97. The van der Waals surface area contributed by atoms with E-state index in [9.17, 15) is 0 Å². The Hall–Kier alpha value is -1.29. The van der Waals surface area contributed by atoms with Crippen LogP contribution in [0.5, 0.6) is 0 Å². The molecule has 4 nitrogen and oxygen atoms in total. The van der Waals surface area contributed by atoms with E-state index >= 15 is 0 Å². The first kappa shape index (κ1) is 10.2. The Morgan fingerprint density at radius 2 is 2.47 bits per heavy atom. The van der Waals surface area contributed by atoms with E-state index in [0.717, 1.165) is 25.6 Å². The molecule has 2 atom stereocenters. The van der Waals surface area contributed by atoms with Crippen molar-refractivity contribution < 1.29 is 0 Å². The molecule has 1 aliphatic heterocycles. The van der Waals surface area contributed by atoms with Gasteiger partial charge in [0.1, 0.15) is 0 Å². The van der Waals surface area contributed by atoms with Crippen LogP contribution in [0, 0.1) is 5.92 Å². The van der Waals surface area contributed by atoms with Crippen molar-refractivity contribution >= 4 is 5.95 Å². The summed E-state index contributed by atoms with van der Waals surface area (Å²) in [5.41, 5.74) is 6.00. The van der Waals surface area contributed by atoms with Gasteiger partial charge in [0, 0.05) is 38.1 Å². The van der Waals surface area contributed by atoms with Crippen LogP contribution in [0.3, 0.4) is 0 Å². The first-order chi connectivity index (χ1) is 7.22. The van der Waals surface area contributed by atoms with Crippen molar-refractivity contribution in [2.24, 2.45) is 11.7 Å². The fourth-order valence-corrected chi connectivity index (χ4v) is 2.02. The van der Waals surface area contributed by atoms with Gasteiger partial charge >= 0.3 is 0 Å². The number of rotatable bonds is 3. The summed E-state index contributed by atoms with van der Waals surface area (Å²) in [4.78, 5) is 6.62. The van der Waals surface area contributed by atoms with E-state index in [1.165, 1.54) is 0 Å². The molecule has 0 saturated carbocycles. The van der Waals surface area contributed by atoms with Crippen LogP contribution in [0.2, 0.25) is 0 Å². The van der Waals surface area contributed by atoms with Crippen molar-refractivity contribution in [1.29, 1.82) is 0 Å². The maximum atomic E-state index is 6.00. The van der Waals surface area contributed by atoms with Gasteiger partial charge in [0.25, 0.3) is 0 Å². The van der Waals surface area contributed by atoms with Crippen molar-refractivity contribution in [3.63, 3.8) is 0 Å². The molecule has 0 aromatic carbocycles. The second-order valence-corrected chi connectivity index (χ2v) is 4.21. The minimum atomic E-state index is 0.263. The number of anilines is 1. The lowest BCUT2D eigenvalue weighted by molar-refractivity contribution is 0.565. The first-order valence-corrected chi connectivity index (χ1v) is 5.35. The van der Waals surface area contributed by atoms with Crippen molar-refractivity contribution in [2.45, 2.75) is 19.5 Å². The number of nitrogens with zero attached hydrogens (tertiary/aromatic N) is 3. The van der Waals surface area contributed by atoms with Gasteiger partial charge in [0.15, 0.2) is 0 Å². The number of nitrogens with two attached hydrogens (primary N) is 1. The highest BCUT2D eigenvalue weighted by Crippen LogP contribution is 2.21. The molecule has 15 heavy (non-hydrogen) atoms. The molecule has 2 unspecified atom stereocenters. The molecule has 0 spiro atoms. The van der Waals surface area contributed by atoms with E-state index in [0.29, 0.717) is 5.92 Å². The Morgan fingerprint density at radius 3 is 3.07 bits per heavy atom. The number of hydrogen-bond acceptors (Lipinski definition) is 3. The average Bonchev–Trinajstić information content (AvgIpc) is 2.76. The van der Waals surface area contributed by atoms with Crippen molar-refractivity contribution in [2.75, 3.05) is 18.0 Å². The molecule has 82 valence electrons. The van der Waals surface area contributed by atoms with Crippen LogP contribution in [0.25, 0.3) is 0 Å². The van der Waals surface area contributed by atoms with Crippen molar-refractivity contribution in [3.05, 3.63) is 25.0 Å². The summed E-state index contributed by atoms with van der Waals surface area (Å²) < 4.78 is 2.10. The Kier molecular flexibility index (Phi) is 2.77. The van der Waals surface area contributed by atoms with Gasteiger partial charge in [-0.05, 0) is 5.92 Å². The second-order valence-electron chi connectivity index (χ2n) is 4.21. The third kappa shape index (κ3) is 1.90. The first-order valence-electron chi connectivity index (χ1n) is 5.35. The van der Waals surface area contributed by atoms with Gasteiger partial charge in [0.2, 0.25) is 5.95 Å². The highest BCUT2D eigenvalue weighted by molar-refractivity contribution is 5.34. The van der Waals surface area contributed by atoms with Crippen LogP contribution in [0.4, 0.5) is 5.95 Å². The maximum absolute atomic E-state index is 6.00. The van der Waals surface area contributed by atoms with Crippen LogP contribution in [0.15, 0.2) is 25.0 Å². The lowest BCUT2D eigenvalue weighted by atomic mass is 10.1. The molecule has 1 fully saturated rings. The van der Waals surface area contributed by atoms with E-state index in [1.54, 1.807) is 0 Å². The molecule has 1 aromatic heterocycles. The topological polar surface area (TPSA) is 47.1 Å². The van der Waals surface area contributed by atoms with E-state index < -0.39 is 0 Å². The van der Waals surface area contributed by atoms with E-state index in [2.05, 4.69) is 28.0 Å². The molecule has 2 N–H and O–H groups in total.